The first-order valence-corrected chi connectivity index (χ1v) is 16.1. The van der Waals surface area contributed by atoms with Crippen molar-refractivity contribution in [2.75, 3.05) is 12.5 Å². The Balaban J connectivity index is 1.60. The monoisotopic (exact) mass is 597 g/mol. The van der Waals surface area contributed by atoms with Crippen molar-refractivity contribution in [2.24, 2.45) is 0 Å². The van der Waals surface area contributed by atoms with Gasteiger partial charge in [-0.15, -0.1) is 0 Å². The number of rotatable bonds is 9. The van der Waals surface area contributed by atoms with Crippen molar-refractivity contribution in [2.45, 2.75) is 29.5 Å². The van der Waals surface area contributed by atoms with Gasteiger partial charge in [0.15, 0.2) is 24.7 Å². The molecule has 0 bridgehead atoms. The van der Waals surface area contributed by atoms with E-state index >= 15 is 0 Å². The highest BCUT2D eigenvalue weighted by Gasteiger charge is 2.17. The smallest absolute Gasteiger partial charge is 0.387 e. The lowest BCUT2D eigenvalue weighted by molar-refractivity contribution is -0.0504. The first kappa shape index (κ1) is 28.4. The van der Waals surface area contributed by atoms with E-state index in [1.54, 1.807) is 36.4 Å². The predicted octanol–water partition coefficient (Wildman–Crippen LogP) is 5.15. The molecule has 0 saturated heterocycles. The highest BCUT2D eigenvalue weighted by atomic mass is 32.2. The van der Waals surface area contributed by atoms with Crippen LogP contribution in [0, 0.1) is 0 Å². The van der Waals surface area contributed by atoms with E-state index in [9.17, 15) is 25.6 Å². The number of nitrogens with zero attached hydrogens (tertiary/aromatic N) is 3. The number of halogens is 2. The molecule has 5 rings (SSSR count). The highest BCUT2D eigenvalue weighted by Crippen LogP contribution is 2.29. The number of pyridine rings is 1. The van der Waals surface area contributed by atoms with Crippen molar-refractivity contribution in [3.8, 4) is 16.9 Å². The Hall–Kier alpha value is -4.16. The fourth-order valence-corrected chi connectivity index (χ4v) is 5.68. The van der Waals surface area contributed by atoms with Crippen molar-refractivity contribution in [3.05, 3.63) is 102 Å². The molecule has 0 spiro atoms. The zero-order valence-corrected chi connectivity index (χ0v) is 23.7. The van der Waals surface area contributed by atoms with Crippen LogP contribution in [0.2, 0.25) is 0 Å². The minimum Gasteiger partial charge on any atom is -0.434 e. The number of aromatic nitrogens is 3. The first-order chi connectivity index (χ1) is 19.4. The summed E-state index contributed by atoms with van der Waals surface area (Å²) in [5.41, 5.74) is 4.14. The lowest BCUT2D eigenvalue weighted by Gasteiger charge is -2.14. The van der Waals surface area contributed by atoms with Gasteiger partial charge in [-0.2, -0.15) is 8.78 Å². The van der Waals surface area contributed by atoms with E-state index in [0.717, 1.165) is 23.6 Å². The maximum absolute atomic E-state index is 13.1. The van der Waals surface area contributed by atoms with Crippen molar-refractivity contribution < 1.29 is 30.4 Å². The quantitative estimate of drug-likeness (QED) is 0.231. The van der Waals surface area contributed by atoms with Crippen molar-refractivity contribution in [3.63, 3.8) is 0 Å². The molecule has 0 aliphatic carbocycles. The maximum Gasteiger partial charge on any atom is 0.387 e. The molecule has 2 aromatic heterocycles. The summed E-state index contributed by atoms with van der Waals surface area (Å²) >= 11 is 0. The highest BCUT2D eigenvalue weighted by molar-refractivity contribution is 7.91. The Morgan fingerprint density at radius 1 is 0.854 bits per heavy atom. The van der Waals surface area contributed by atoms with Crippen LogP contribution in [0.3, 0.4) is 0 Å². The van der Waals surface area contributed by atoms with E-state index < -0.39 is 26.3 Å². The first-order valence-electron chi connectivity index (χ1n) is 12.4. The van der Waals surface area contributed by atoms with Gasteiger partial charge in [0, 0.05) is 36.3 Å². The van der Waals surface area contributed by atoms with Gasteiger partial charge in [-0.05, 0) is 53.6 Å². The Bertz CT molecular complexity index is 1940. The molecule has 0 amide bonds. The van der Waals surface area contributed by atoms with Crippen LogP contribution in [0.1, 0.15) is 17.0 Å². The summed E-state index contributed by atoms with van der Waals surface area (Å²) in [6.45, 7) is -2.82. The number of para-hydroxylation sites is 1. The van der Waals surface area contributed by atoms with Gasteiger partial charge in [0.2, 0.25) is 0 Å². The van der Waals surface area contributed by atoms with Crippen LogP contribution in [-0.2, 0) is 32.6 Å². The summed E-state index contributed by atoms with van der Waals surface area (Å²) in [5, 5.41) is -0.0350. The molecule has 0 aliphatic rings. The Kier molecular flexibility index (Phi) is 7.62. The maximum atomic E-state index is 13.1. The number of fused-ring (bicyclic) bond motifs is 1. The number of imidazole rings is 1. The Morgan fingerprint density at radius 2 is 1.56 bits per heavy atom. The fraction of sp³-hybridized carbons (Fsp3) is 0.172. The number of hydrogen-bond donors (Lipinski definition) is 0. The van der Waals surface area contributed by atoms with E-state index in [-0.39, 0.29) is 22.2 Å². The summed E-state index contributed by atoms with van der Waals surface area (Å²) in [5.74, 6) is 0.672. The molecule has 3 aromatic carbocycles. The van der Waals surface area contributed by atoms with Crippen LogP contribution < -0.4 is 4.74 Å². The van der Waals surface area contributed by atoms with Gasteiger partial charge in [0.05, 0.1) is 22.5 Å². The zero-order chi connectivity index (χ0) is 29.4. The lowest BCUT2D eigenvalue weighted by atomic mass is 10.1. The summed E-state index contributed by atoms with van der Waals surface area (Å²) in [6.07, 6.45) is 4.05. The topological polar surface area (TPSA) is 108 Å². The standard InChI is InChI=1S/C29H25F2N3O5S2/c1-40(35,36)23-11-7-19(8-12-23)15-27-33-24-13-9-20(21-10-14-28(32-17-21)41(2,37)38)16-25(24)34(27)18-22-5-3-4-6-26(22)39-29(30)31/h3-14,16-17,29H,15,18H2,1-2H3. The molecule has 0 saturated carbocycles. The number of hydrogen-bond acceptors (Lipinski definition) is 7. The normalized spacial score (nSPS) is 12.2. The van der Waals surface area contributed by atoms with Crippen LogP contribution >= 0.6 is 0 Å². The van der Waals surface area contributed by atoms with Crippen LogP contribution in [-0.4, -0.2) is 50.5 Å². The van der Waals surface area contributed by atoms with E-state index in [0.29, 0.717) is 34.4 Å². The minimum absolute atomic E-state index is 0.0350. The van der Waals surface area contributed by atoms with Gasteiger partial charge >= 0.3 is 6.61 Å². The van der Waals surface area contributed by atoms with Crippen LogP contribution in [0.25, 0.3) is 22.2 Å². The average Bonchev–Trinajstić information content (AvgIpc) is 3.24. The second kappa shape index (κ2) is 11.0. The lowest BCUT2D eigenvalue weighted by Crippen LogP contribution is -2.10. The van der Waals surface area contributed by atoms with Crippen molar-refractivity contribution in [1.82, 2.24) is 14.5 Å². The number of ether oxygens (including phenoxy) is 1. The van der Waals surface area contributed by atoms with Gasteiger partial charge in [-0.1, -0.05) is 36.4 Å². The van der Waals surface area contributed by atoms with Crippen LogP contribution in [0.4, 0.5) is 8.78 Å². The Morgan fingerprint density at radius 3 is 2.20 bits per heavy atom. The van der Waals surface area contributed by atoms with E-state index in [2.05, 4.69) is 4.98 Å². The van der Waals surface area contributed by atoms with E-state index in [1.165, 1.54) is 30.5 Å². The second-order valence-corrected chi connectivity index (χ2v) is 13.5. The molecule has 12 heteroatoms. The average molecular weight is 598 g/mol. The van der Waals surface area contributed by atoms with E-state index in [4.69, 9.17) is 9.72 Å². The number of sulfone groups is 2. The van der Waals surface area contributed by atoms with E-state index in [1.807, 2.05) is 22.8 Å². The van der Waals surface area contributed by atoms with Gasteiger partial charge in [-0.3, -0.25) is 0 Å². The molecule has 0 atom stereocenters. The summed E-state index contributed by atoms with van der Waals surface area (Å²) < 4.78 is 80.3. The molecule has 0 fully saturated rings. The third-order valence-electron chi connectivity index (χ3n) is 6.51. The van der Waals surface area contributed by atoms with Gasteiger partial charge < -0.3 is 9.30 Å². The van der Waals surface area contributed by atoms with Gasteiger partial charge in [0.1, 0.15) is 11.6 Å². The number of alkyl halides is 2. The SMILES string of the molecule is CS(=O)(=O)c1ccc(Cc2nc3ccc(-c4ccc(S(C)(=O)=O)nc4)cc3n2Cc2ccccc2OC(F)F)cc1. The third-order valence-corrected chi connectivity index (χ3v) is 8.64. The van der Waals surface area contributed by atoms with Gasteiger partial charge in [-0.25, -0.2) is 26.8 Å². The third kappa shape index (κ3) is 6.44. The molecule has 0 N–H and O–H groups in total. The molecule has 41 heavy (non-hydrogen) atoms. The summed E-state index contributed by atoms with van der Waals surface area (Å²) in [6, 6.07) is 21.7. The minimum atomic E-state index is -3.45. The molecular weight excluding hydrogens is 572 g/mol. The number of benzene rings is 3. The largest absolute Gasteiger partial charge is 0.434 e. The van der Waals surface area contributed by atoms with Crippen molar-refractivity contribution in [1.29, 1.82) is 0 Å². The zero-order valence-electron chi connectivity index (χ0n) is 22.0. The summed E-state index contributed by atoms with van der Waals surface area (Å²) in [4.78, 5) is 9.09. The van der Waals surface area contributed by atoms with Gasteiger partial charge in [0.25, 0.3) is 0 Å². The van der Waals surface area contributed by atoms with Crippen LogP contribution in [0.5, 0.6) is 5.75 Å². The summed E-state index contributed by atoms with van der Waals surface area (Å²) in [7, 11) is -6.81. The second-order valence-electron chi connectivity index (χ2n) is 9.55. The molecule has 0 aliphatic heterocycles. The Labute approximate surface area is 236 Å². The molecular formula is C29H25F2N3O5S2. The molecule has 0 radical (unpaired) electrons. The fourth-order valence-electron chi connectivity index (χ4n) is 4.49. The molecule has 5 aromatic rings. The molecule has 212 valence electrons. The van der Waals surface area contributed by atoms with Crippen molar-refractivity contribution >= 4 is 30.7 Å². The van der Waals surface area contributed by atoms with Crippen LogP contribution in [0.15, 0.2) is 95.0 Å². The molecule has 8 nitrogen and oxygen atoms in total. The molecule has 0 unspecified atom stereocenters. The predicted molar refractivity (Wildman–Crippen MR) is 151 cm³/mol. The molecule has 2 heterocycles.